The first kappa shape index (κ1) is 20.0. The zero-order valence-corrected chi connectivity index (χ0v) is 16.9. The van der Waals surface area contributed by atoms with Crippen LogP contribution in [-0.2, 0) is 6.54 Å². The van der Waals surface area contributed by atoms with Gasteiger partial charge in [-0.1, -0.05) is 42.0 Å². The van der Waals surface area contributed by atoms with E-state index in [0.29, 0.717) is 22.1 Å². The zero-order chi connectivity index (χ0) is 19.9. The minimum atomic E-state index is -0.643. The Balaban J connectivity index is 1.80. The van der Waals surface area contributed by atoms with E-state index in [0.717, 1.165) is 11.3 Å². The molecule has 2 aromatic carbocycles. The molecule has 1 N–H and O–H groups in total. The Morgan fingerprint density at radius 3 is 2.32 bits per heavy atom. The van der Waals surface area contributed by atoms with Gasteiger partial charge in [-0.2, -0.15) is 4.57 Å². The summed E-state index contributed by atoms with van der Waals surface area (Å²) < 4.78 is 6.98. The summed E-state index contributed by atoms with van der Waals surface area (Å²) in [6, 6.07) is 19.5. The Hall–Kier alpha value is -2.76. The number of Topliss-reactive ketones (excluding diaryl/α,β-unsaturated/α-hetero) is 1. The molecule has 6 heteroatoms. The van der Waals surface area contributed by atoms with Crippen LogP contribution in [0.5, 0.6) is 5.75 Å². The van der Waals surface area contributed by atoms with Crippen LogP contribution in [0.1, 0.15) is 22.0 Å². The quantitative estimate of drug-likeness (QED) is 0.360. The van der Waals surface area contributed by atoms with Gasteiger partial charge in [-0.15, -0.1) is 0 Å². The molecule has 0 saturated heterocycles. The van der Waals surface area contributed by atoms with Gasteiger partial charge in [0.05, 0.1) is 7.11 Å². The van der Waals surface area contributed by atoms with Gasteiger partial charge in [0.2, 0.25) is 5.78 Å². The molecule has 0 aliphatic heterocycles. The number of nitrogens with zero attached hydrogens (tertiary/aromatic N) is 1. The van der Waals surface area contributed by atoms with Crippen molar-refractivity contribution in [3.63, 3.8) is 0 Å². The highest BCUT2D eigenvalue weighted by Gasteiger charge is 2.32. The smallest absolute Gasteiger partial charge is 0.270 e. The molecular weight excluding hydrogens is 392 g/mol. The molecule has 1 aromatic heterocycles. The fraction of sp³-hybridized carbons (Fsp3) is 0.136. The summed E-state index contributed by atoms with van der Waals surface area (Å²) in [5, 5.41) is 3.80. The van der Waals surface area contributed by atoms with E-state index in [1.165, 1.54) is 0 Å². The van der Waals surface area contributed by atoms with Crippen LogP contribution >= 0.6 is 23.8 Å². The minimum Gasteiger partial charge on any atom is -0.497 e. The number of nitrogens with one attached hydrogen (secondary N) is 1. The molecule has 0 spiro atoms. The molecule has 1 atom stereocenters. The summed E-state index contributed by atoms with van der Waals surface area (Å²) in [5.74, 6) is 0.696. The fourth-order valence-corrected chi connectivity index (χ4v) is 3.20. The van der Waals surface area contributed by atoms with Gasteiger partial charge in [0.15, 0.2) is 17.4 Å². The molecular formula is C22H20ClN2O2S+. The average Bonchev–Trinajstić information content (AvgIpc) is 2.74. The molecule has 3 rings (SSSR count). The number of aromatic nitrogens is 1. The normalized spacial score (nSPS) is 11.5. The summed E-state index contributed by atoms with van der Waals surface area (Å²) in [7, 11) is 1.63. The number of thiocarbonyl (C=S) groups is 1. The summed E-state index contributed by atoms with van der Waals surface area (Å²) in [6.07, 6.45) is 3.67. The van der Waals surface area contributed by atoms with Gasteiger partial charge < -0.3 is 10.1 Å². The number of pyridine rings is 1. The standard InChI is InChI=1S/C22H19ClN2O2S/c1-27-19-11-5-16(6-12-19)15-24-22(28)20(25-13-3-2-4-14-25)21(26)17-7-9-18(23)10-8-17/h2-14,20H,15H2,1H3/p+1. The maximum atomic E-state index is 13.2. The van der Waals surface area contributed by atoms with Crippen LogP contribution in [0.15, 0.2) is 79.1 Å². The molecule has 0 aliphatic carbocycles. The van der Waals surface area contributed by atoms with Crippen LogP contribution in [0.4, 0.5) is 0 Å². The molecule has 1 unspecified atom stereocenters. The lowest BCUT2D eigenvalue weighted by Crippen LogP contribution is -2.51. The first-order valence-electron chi connectivity index (χ1n) is 8.74. The second-order valence-corrected chi connectivity index (χ2v) is 7.04. The molecule has 28 heavy (non-hydrogen) atoms. The van der Waals surface area contributed by atoms with Crippen molar-refractivity contribution in [3.05, 3.63) is 95.3 Å². The maximum absolute atomic E-state index is 13.2. The van der Waals surface area contributed by atoms with Crippen molar-refractivity contribution in [3.8, 4) is 5.75 Å². The molecule has 0 aliphatic rings. The van der Waals surface area contributed by atoms with E-state index in [-0.39, 0.29) is 5.78 Å². The van der Waals surface area contributed by atoms with E-state index in [2.05, 4.69) is 5.32 Å². The summed E-state index contributed by atoms with van der Waals surface area (Å²) in [4.78, 5) is 13.6. The number of methoxy groups -OCH3 is 1. The van der Waals surface area contributed by atoms with Crippen molar-refractivity contribution in [2.45, 2.75) is 12.6 Å². The highest BCUT2D eigenvalue weighted by Crippen LogP contribution is 2.16. The van der Waals surface area contributed by atoms with E-state index in [1.807, 2.05) is 54.9 Å². The lowest BCUT2D eigenvalue weighted by atomic mass is 10.0. The monoisotopic (exact) mass is 411 g/mol. The Bertz CT molecular complexity index is 945. The van der Waals surface area contributed by atoms with E-state index in [1.54, 1.807) is 35.9 Å². The number of hydrogen-bond acceptors (Lipinski definition) is 3. The third kappa shape index (κ3) is 4.94. The lowest BCUT2D eigenvalue weighted by molar-refractivity contribution is -0.692. The number of ketones is 1. The zero-order valence-electron chi connectivity index (χ0n) is 15.3. The van der Waals surface area contributed by atoms with Gasteiger partial charge in [0.25, 0.3) is 6.04 Å². The number of ether oxygens (including phenoxy) is 1. The number of rotatable bonds is 7. The van der Waals surface area contributed by atoms with Gasteiger partial charge in [-0.25, -0.2) is 0 Å². The summed E-state index contributed by atoms with van der Waals surface area (Å²) in [6.45, 7) is 0.515. The van der Waals surface area contributed by atoms with Crippen molar-refractivity contribution in [1.29, 1.82) is 0 Å². The molecule has 0 amide bonds. The van der Waals surface area contributed by atoms with Gasteiger partial charge in [-0.05, 0) is 42.0 Å². The Kier molecular flexibility index (Phi) is 6.74. The van der Waals surface area contributed by atoms with Crippen molar-refractivity contribution >= 4 is 34.6 Å². The Morgan fingerprint density at radius 1 is 1.07 bits per heavy atom. The first-order valence-corrected chi connectivity index (χ1v) is 9.53. The Labute approximate surface area is 174 Å². The highest BCUT2D eigenvalue weighted by molar-refractivity contribution is 7.80. The van der Waals surface area contributed by atoms with Crippen LogP contribution in [0.25, 0.3) is 0 Å². The van der Waals surface area contributed by atoms with Crippen LogP contribution in [0.2, 0.25) is 5.02 Å². The fourth-order valence-electron chi connectivity index (χ4n) is 2.78. The number of benzene rings is 2. The van der Waals surface area contributed by atoms with Crippen LogP contribution in [0, 0.1) is 0 Å². The van der Waals surface area contributed by atoms with Crippen LogP contribution in [-0.4, -0.2) is 17.9 Å². The van der Waals surface area contributed by atoms with Crippen LogP contribution < -0.4 is 14.6 Å². The molecule has 1 heterocycles. The van der Waals surface area contributed by atoms with Gasteiger partial charge in [-0.3, -0.25) is 4.79 Å². The van der Waals surface area contributed by atoms with E-state index >= 15 is 0 Å². The van der Waals surface area contributed by atoms with Crippen molar-refractivity contribution in [1.82, 2.24) is 5.32 Å². The van der Waals surface area contributed by atoms with Crippen LogP contribution in [0.3, 0.4) is 0 Å². The molecule has 0 saturated carbocycles. The second kappa shape index (κ2) is 9.44. The van der Waals surface area contributed by atoms with Crippen molar-refractivity contribution < 1.29 is 14.1 Å². The Morgan fingerprint density at radius 2 is 1.71 bits per heavy atom. The van der Waals surface area contributed by atoms with E-state index in [9.17, 15) is 4.79 Å². The summed E-state index contributed by atoms with van der Waals surface area (Å²) >= 11 is 11.6. The maximum Gasteiger partial charge on any atom is 0.270 e. The molecule has 4 nitrogen and oxygen atoms in total. The molecule has 0 radical (unpaired) electrons. The molecule has 142 valence electrons. The number of hydrogen-bond donors (Lipinski definition) is 1. The third-order valence-electron chi connectivity index (χ3n) is 4.29. The predicted molar refractivity (Wildman–Crippen MR) is 114 cm³/mol. The van der Waals surface area contributed by atoms with E-state index < -0.39 is 6.04 Å². The lowest BCUT2D eigenvalue weighted by Gasteiger charge is -2.15. The topological polar surface area (TPSA) is 42.2 Å². The highest BCUT2D eigenvalue weighted by atomic mass is 35.5. The molecule has 0 fully saturated rings. The first-order chi connectivity index (χ1) is 13.6. The van der Waals surface area contributed by atoms with Gasteiger partial charge >= 0.3 is 0 Å². The number of carbonyl (C=O) groups excluding carboxylic acids is 1. The molecule has 0 bridgehead atoms. The number of halogens is 1. The predicted octanol–water partition coefficient (Wildman–Crippen LogP) is 4.18. The average molecular weight is 412 g/mol. The van der Waals surface area contributed by atoms with Gasteiger partial charge in [0, 0.05) is 29.3 Å². The largest absolute Gasteiger partial charge is 0.497 e. The number of carbonyl (C=O) groups is 1. The summed E-state index contributed by atoms with van der Waals surface area (Å²) in [5.41, 5.74) is 1.60. The van der Waals surface area contributed by atoms with Crippen molar-refractivity contribution in [2.75, 3.05) is 7.11 Å². The third-order valence-corrected chi connectivity index (χ3v) is 4.91. The molecule has 3 aromatic rings. The second-order valence-electron chi connectivity index (χ2n) is 6.16. The minimum absolute atomic E-state index is 0.0971. The van der Waals surface area contributed by atoms with E-state index in [4.69, 9.17) is 28.6 Å². The van der Waals surface area contributed by atoms with Gasteiger partial charge in [0.1, 0.15) is 5.75 Å². The van der Waals surface area contributed by atoms with Crippen molar-refractivity contribution in [2.24, 2.45) is 0 Å². The SMILES string of the molecule is COc1ccc(CNC(=S)C(C(=O)c2ccc(Cl)cc2)[n+]2ccccc2)cc1.